The van der Waals surface area contributed by atoms with Crippen LogP contribution in [0.2, 0.25) is 5.02 Å². The van der Waals surface area contributed by atoms with Gasteiger partial charge in [-0.2, -0.15) is 4.98 Å². The molecule has 4 aromatic rings. The van der Waals surface area contributed by atoms with Crippen molar-refractivity contribution in [3.63, 3.8) is 0 Å². The number of halogens is 1. The first-order valence-corrected chi connectivity index (χ1v) is 11.2. The summed E-state index contributed by atoms with van der Waals surface area (Å²) in [5.74, 6) is 0. The molecule has 0 atom stereocenters. The second-order valence-electron chi connectivity index (χ2n) is 6.67. The number of rotatable bonds is 5. The van der Waals surface area contributed by atoms with Crippen molar-refractivity contribution in [1.82, 2.24) is 14.5 Å². The molecule has 0 saturated carbocycles. The lowest BCUT2D eigenvalue weighted by molar-refractivity contribution is 0.582. The van der Waals surface area contributed by atoms with Gasteiger partial charge in [-0.25, -0.2) is 13.4 Å². The van der Waals surface area contributed by atoms with Crippen LogP contribution in [0, 0.1) is 0 Å². The lowest BCUT2D eigenvalue weighted by Gasteiger charge is -2.08. The smallest absolute Gasteiger partial charge is 0.230 e. The zero-order chi connectivity index (χ0) is 20.6. The van der Waals surface area contributed by atoms with Gasteiger partial charge in [-0.3, -0.25) is 0 Å². The maximum atomic E-state index is 12.1. The summed E-state index contributed by atoms with van der Waals surface area (Å²) in [5, 5.41) is 0.378. The molecule has 0 amide bonds. The second kappa shape index (κ2) is 7.46. The molecule has 0 spiro atoms. The Labute approximate surface area is 174 Å². The van der Waals surface area contributed by atoms with E-state index in [-0.39, 0.29) is 5.16 Å². The highest BCUT2D eigenvalue weighted by molar-refractivity contribution is 7.90. The third kappa shape index (κ3) is 3.69. The minimum Gasteiger partial charge on any atom is -0.310 e. The molecule has 0 N–H and O–H groups in total. The van der Waals surface area contributed by atoms with Crippen molar-refractivity contribution < 1.29 is 8.42 Å². The summed E-state index contributed by atoms with van der Waals surface area (Å²) in [4.78, 5) is 8.81. The van der Waals surface area contributed by atoms with Crippen molar-refractivity contribution in [3.8, 4) is 22.4 Å². The molecule has 7 heteroatoms. The third-order valence-corrected chi connectivity index (χ3v) is 5.83. The monoisotopic (exact) mass is 423 g/mol. The van der Waals surface area contributed by atoms with Crippen LogP contribution >= 0.6 is 11.6 Å². The quantitative estimate of drug-likeness (QED) is 0.423. The fraction of sp³-hybridized carbons (Fsp3) is 0.0909. The van der Waals surface area contributed by atoms with E-state index in [4.69, 9.17) is 11.6 Å². The molecular formula is C22H18ClN3O2S. The lowest BCUT2D eigenvalue weighted by atomic mass is 10.0. The van der Waals surface area contributed by atoms with Crippen LogP contribution in [0.5, 0.6) is 0 Å². The summed E-state index contributed by atoms with van der Waals surface area (Å²) in [6.07, 6.45) is 2.73. The summed E-state index contributed by atoms with van der Waals surface area (Å²) in [6.45, 7) is 3.98. The first kappa shape index (κ1) is 19.4. The highest BCUT2D eigenvalue weighted by atomic mass is 35.5. The zero-order valence-electron chi connectivity index (χ0n) is 15.7. The van der Waals surface area contributed by atoms with Crippen molar-refractivity contribution in [2.75, 3.05) is 6.26 Å². The molecule has 0 unspecified atom stereocenters. The van der Waals surface area contributed by atoms with Crippen LogP contribution < -0.4 is 0 Å². The molecule has 4 rings (SSSR count). The number of allylic oxidation sites excluding steroid dienone is 1. The molecular weight excluding hydrogens is 406 g/mol. The summed E-state index contributed by atoms with van der Waals surface area (Å²) in [7, 11) is -3.52. The maximum absolute atomic E-state index is 12.1. The first-order valence-electron chi connectivity index (χ1n) is 8.92. The van der Waals surface area contributed by atoms with Gasteiger partial charge in [0.05, 0.1) is 16.2 Å². The van der Waals surface area contributed by atoms with Crippen molar-refractivity contribution in [3.05, 3.63) is 78.3 Å². The zero-order valence-corrected chi connectivity index (χ0v) is 17.3. The standard InChI is InChI=1S/C22H18ClN3O2S/c1-3-13-26-19-14-18(23)20(24-21(19)25-22(26)29(2,27)28)17-11-9-16(10-12-17)15-7-5-4-6-8-15/h3-12,14H,1,13H2,2H3. The van der Waals surface area contributed by atoms with Gasteiger partial charge in [0.15, 0.2) is 5.65 Å². The van der Waals surface area contributed by atoms with Crippen LogP contribution in [0.15, 0.2) is 78.5 Å². The number of hydrogen-bond donors (Lipinski definition) is 0. The average Bonchev–Trinajstić information content (AvgIpc) is 3.06. The Kier molecular flexibility index (Phi) is 4.98. The minimum absolute atomic E-state index is 0.0486. The second-order valence-corrected chi connectivity index (χ2v) is 8.99. The summed E-state index contributed by atoms with van der Waals surface area (Å²) in [6, 6.07) is 19.7. The van der Waals surface area contributed by atoms with Crippen LogP contribution in [0.4, 0.5) is 0 Å². The van der Waals surface area contributed by atoms with Gasteiger partial charge in [0.2, 0.25) is 15.0 Å². The number of pyridine rings is 1. The number of benzene rings is 2. The first-order chi connectivity index (χ1) is 13.9. The topological polar surface area (TPSA) is 64.8 Å². The number of fused-ring (bicyclic) bond motifs is 1. The van der Waals surface area contributed by atoms with E-state index in [2.05, 4.69) is 16.5 Å². The number of hydrogen-bond acceptors (Lipinski definition) is 4. The number of imidazole rings is 1. The predicted octanol–water partition coefficient (Wildman–Crippen LogP) is 5.01. The van der Waals surface area contributed by atoms with Crippen LogP contribution in [0.3, 0.4) is 0 Å². The molecule has 0 aliphatic heterocycles. The van der Waals surface area contributed by atoms with Gasteiger partial charge in [-0.05, 0) is 17.2 Å². The van der Waals surface area contributed by atoms with Crippen molar-refractivity contribution in [1.29, 1.82) is 0 Å². The predicted molar refractivity (Wildman–Crippen MR) is 117 cm³/mol. The van der Waals surface area contributed by atoms with Gasteiger partial charge in [0.25, 0.3) is 0 Å². The normalized spacial score (nSPS) is 11.7. The Balaban J connectivity index is 1.83. The summed E-state index contributed by atoms with van der Waals surface area (Å²) < 4.78 is 25.8. The Hall–Kier alpha value is -2.96. The van der Waals surface area contributed by atoms with Crippen molar-refractivity contribution in [2.24, 2.45) is 0 Å². The molecule has 2 heterocycles. The SMILES string of the molecule is C=CCn1c(S(C)(=O)=O)nc2nc(-c3ccc(-c4ccccc4)cc3)c(Cl)cc21. The molecule has 0 saturated heterocycles. The Morgan fingerprint density at radius 1 is 1.00 bits per heavy atom. The van der Waals surface area contributed by atoms with E-state index in [0.29, 0.717) is 28.4 Å². The largest absolute Gasteiger partial charge is 0.310 e. The molecule has 0 aliphatic rings. The van der Waals surface area contributed by atoms with Gasteiger partial charge < -0.3 is 4.57 Å². The van der Waals surface area contributed by atoms with E-state index in [1.165, 1.54) is 0 Å². The summed E-state index contributed by atoms with van der Waals surface area (Å²) >= 11 is 6.51. The molecule has 5 nitrogen and oxygen atoms in total. The van der Waals surface area contributed by atoms with Crippen LogP contribution in [0.1, 0.15) is 0 Å². The fourth-order valence-electron chi connectivity index (χ4n) is 3.25. The van der Waals surface area contributed by atoms with Gasteiger partial charge in [0, 0.05) is 18.4 Å². The van der Waals surface area contributed by atoms with Crippen LogP contribution in [0.25, 0.3) is 33.5 Å². The Bertz CT molecular complexity index is 1310. The molecule has 0 aliphatic carbocycles. The molecule has 29 heavy (non-hydrogen) atoms. The number of nitrogens with zero attached hydrogens (tertiary/aromatic N) is 3. The lowest BCUT2D eigenvalue weighted by Crippen LogP contribution is -2.08. The maximum Gasteiger partial charge on any atom is 0.230 e. The van der Waals surface area contributed by atoms with Gasteiger partial charge >= 0.3 is 0 Å². The molecule has 146 valence electrons. The number of aromatic nitrogens is 3. The van der Waals surface area contributed by atoms with E-state index in [0.717, 1.165) is 22.9 Å². The molecule has 0 radical (unpaired) electrons. The van der Waals surface area contributed by atoms with E-state index >= 15 is 0 Å². The van der Waals surface area contributed by atoms with E-state index in [9.17, 15) is 8.42 Å². The molecule has 2 aromatic heterocycles. The third-order valence-electron chi connectivity index (χ3n) is 4.57. The molecule has 0 bridgehead atoms. The Morgan fingerprint density at radius 3 is 2.24 bits per heavy atom. The van der Waals surface area contributed by atoms with Crippen LogP contribution in [-0.4, -0.2) is 29.2 Å². The fourth-order valence-corrected chi connectivity index (χ4v) is 4.33. The molecule has 0 fully saturated rings. The van der Waals surface area contributed by atoms with Crippen molar-refractivity contribution >= 4 is 32.6 Å². The average molecular weight is 424 g/mol. The van der Waals surface area contributed by atoms with Gasteiger partial charge in [0.1, 0.15) is 0 Å². The van der Waals surface area contributed by atoms with E-state index in [1.54, 1.807) is 16.7 Å². The molecule has 2 aromatic carbocycles. The van der Waals surface area contributed by atoms with E-state index in [1.807, 2.05) is 54.6 Å². The highest BCUT2D eigenvalue weighted by Crippen LogP contribution is 2.32. The van der Waals surface area contributed by atoms with Gasteiger partial charge in [-0.1, -0.05) is 72.3 Å². The van der Waals surface area contributed by atoms with Crippen LogP contribution in [-0.2, 0) is 16.4 Å². The minimum atomic E-state index is -3.52. The van der Waals surface area contributed by atoms with Gasteiger partial charge in [-0.15, -0.1) is 6.58 Å². The Morgan fingerprint density at radius 2 is 1.62 bits per heavy atom. The van der Waals surface area contributed by atoms with Crippen molar-refractivity contribution in [2.45, 2.75) is 11.7 Å². The summed E-state index contributed by atoms with van der Waals surface area (Å²) in [5.41, 5.74) is 4.48. The highest BCUT2D eigenvalue weighted by Gasteiger charge is 2.21. The number of sulfone groups is 1. The van der Waals surface area contributed by atoms with E-state index < -0.39 is 9.84 Å².